The number of phenolic OH excluding ortho intramolecular Hbond substituents is 2. The van der Waals surface area contributed by atoms with Gasteiger partial charge in [0.2, 0.25) is 0 Å². The topological polar surface area (TPSA) is 66.2 Å². The van der Waals surface area contributed by atoms with Crippen LogP contribution in [0.4, 0.5) is 0 Å². The highest BCUT2D eigenvalue weighted by Crippen LogP contribution is 2.34. The molecule has 0 bridgehead atoms. The molecule has 29 heavy (non-hydrogen) atoms. The van der Waals surface area contributed by atoms with Crippen LogP contribution in [-0.2, 0) is 0 Å². The van der Waals surface area contributed by atoms with Crippen molar-refractivity contribution in [1.29, 1.82) is 0 Å². The summed E-state index contributed by atoms with van der Waals surface area (Å²) in [6.07, 6.45) is 3.49. The zero-order chi connectivity index (χ0) is 20.5. The monoisotopic (exact) mass is 382 g/mol. The third-order valence-electron chi connectivity index (χ3n) is 5.27. The van der Waals surface area contributed by atoms with E-state index in [1.165, 1.54) is 0 Å². The van der Waals surface area contributed by atoms with Crippen molar-refractivity contribution in [3.05, 3.63) is 83.7 Å². The minimum Gasteiger partial charge on any atom is -0.507 e. The molecule has 0 saturated heterocycles. The lowest BCUT2D eigenvalue weighted by molar-refractivity contribution is 0.472. The molecule has 4 nitrogen and oxygen atoms in total. The average molecular weight is 382 g/mol. The summed E-state index contributed by atoms with van der Waals surface area (Å²) in [7, 11) is 0. The van der Waals surface area contributed by atoms with Crippen molar-refractivity contribution in [2.45, 2.75) is 20.8 Å². The van der Waals surface area contributed by atoms with Crippen molar-refractivity contribution < 1.29 is 10.2 Å². The average Bonchev–Trinajstić information content (AvgIpc) is 2.73. The molecule has 0 aliphatic carbocycles. The number of hydrogen-bond acceptors (Lipinski definition) is 4. The van der Waals surface area contributed by atoms with Crippen LogP contribution >= 0.6 is 0 Å². The van der Waals surface area contributed by atoms with Gasteiger partial charge in [0.15, 0.2) is 0 Å². The van der Waals surface area contributed by atoms with Gasteiger partial charge in [-0.15, -0.1) is 0 Å². The van der Waals surface area contributed by atoms with E-state index in [0.29, 0.717) is 5.75 Å². The van der Waals surface area contributed by atoms with E-state index in [9.17, 15) is 10.2 Å². The maximum Gasteiger partial charge on any atom is 0.126 e. The smallest absolute Gasteiger partial charge is 0.126 e. The molecule has 0 unspecified atom stereocenters. The Morgan fingerprint density at radius 1 is 0.655 bits per heavy atom. The minimum absolute atomic E-state index is 0.246. The van der Waals surface area contributed by atoms with Crippen molar-refractivity contribution in [2.24, 2.45) is 0 Å². The molecule has 4 rings (SSSR count). The zero-order valence-corrected chi connectivity index (χ0v) is 16.6. The molecule has 0 radical (unpaired) electrons. The molecular formula is C25H22N2O2. The second-order valence-corrected chi connectivity index (χ2v) is 7.29. The van der Waals surface area contributed by atoms with Gasteiger partial charge in [0.05, 0.1) is 11.4 Å². The second kappa shape index (κ2) is 7.40. The summed E-state index contributed by atoms with van der Waals surface area (Å²) < 4.78 is 0. The maximum absolute atomic E-state index is 10.4. The van der Waals surface area contributed by atoms with Crippen molar-refractivity contribution in [3.63, 3.8) is 0 Å². The first-order chi connectivity index (χ1) is 13.9. The fourth-order valence-electron chi connectivity index (χ4n) is 3.33. The number of phenols is 2. The van der Waals surface area contributed by atoms with E-state index in [4.69, 9.17) is 0 Å². The highest BCUT2D eigenvalue weighted by atomic mass is 16.3. The number of aromatic nitrogens is 2. The second-order valence-electron chi connectivity index (χ2n) is 7.29. The first-order valence-corrected chi connectivity index (χ1v) is 9.46. The van der Waals surface area contributed by atoms with Crippen molar-refractivity contribution in [1.82, 2.24) is 9.97 Å². The quantitative estimate of drug-likeness (QED) is 0.469. The Morgan fingerprint density at radius 2 is 1.24 bits per heavy atom. The maximum atomic E-state index is 10.4. The van der Waals surface area contributed by atoms with Crippen LogP contribution in [0.25, 0.3) is 33.6 Å². The standard InChI is InChI=1S/C25H22N2O2/c1-15-4-8-20(24(28)12-15)18-6-10-22(26-13-18)23-11-7-19(14-27-23)21-9-5-16(2)17(3)25(21)29/h4-14,28-29H,1-3H3. The lowest BCUT2D eigenvalue weighted by Crippen LogP contribution is -1.91. The fraction of sp³-hybridized carbons (Fsp3) is 0.120. The van der Waals surface area contributed by atoms with Gasteiger partial charge in [-0.05, 0) is 55.7 Å². The number of hydrogen-bond donors (Lipinski definition) is 2. The molecule has 0 amide bonds. The summed E-state index contributed by atoms with van der Waals surface area (Å²) in [6, 6.07) is 17.2. The van der Waals surface area contributed by atoms with Gasteiger partial charge in [0, 0.05) is 34.6 Å². The summed E-state index contributed by atoms with van der Waals surface area (Å²) in [5.74, 6) is 0.537. The number of aromatic hydroxyl groups is 2. The van der Waals surface area contributed by atoms with E-state index in [1.54, 1.807) is 18.5 Å². The Balaban J connectivity index is 1.62. The Bertz CT molecular complexity index is 1180. The predicted molar refractivity (Wildman–Crippen MR) is 116 cm³/mol. The fourth-order valence-corrected chi connectivity index (χ4v) is 3.33. The van der Waals surface area contributed by atoms with Gasteiger partial charge in [-0.2, -0.15) is 0 Å². The molecule has 0 fully saturated rings. The lowest BCUT2D eigenvalue weighted by Gasteiger charge is -2.10. The van der Waals surface area contributed by atoms with E-state index in [2.05, 4.69) is 9.97 Å². The summed E-state index contributed by atoms with van der Waals surface area (Å²) in [5.41, 5.74) is 7.66. The molecule has 0 aliphatic rings. The number of rotatable bonds is 3. The molecule has 2 aromatic heterocycles. The zero-order valence-electron chi connectivity index (χ0n) is 16.6. The Labute approximate surface area is 170 Å². The van der Waals surface area contributed by atoms with Crippen LogP contribution in [0, 0.1) is 20.8 Å². The molecule has 2 N–H and O–H groups in total. The number of pyridine rings is 2. The minimum atomic E-state index is 0.246. The Kier molecular flexibility index (Phi) is 4.77. The van der Waals surface area contributed by atoms with Crippen molar-refractivity contribution in [2.75, 3.05) is 0 Å². The summed E-state index contributed by atoms with van der Waals surface area (Å²) in [6.45, 7) is 5.83. The largest absolute Gasteiger partial charge is 0.507 e. The van der Waals surface area contributed by atoms with Crippen LogP contribution in [0.2, 0.25) is 0 Å². The summed E-state index contributed by atoms with van der Waals surface area (Å²) in [4.78, 5) is 9.04. The first kappa shape index (κ1) is 18.7. The predicted octanol–water partition coefficient (Wildman–Crippen LogP) is 5.81. The molecule has 144 valence electrons. The van der Waals surface area contributed by atoms with Gasteiger partial charge < -0.3 is 10.2 Å². The van der Waals surface area contributed by atoms with E-state index in [1.807, 2.05) is 69.3 Å². The molecule has 0 aliphatic heterocycles. The molecule has 0 atom stereocenters. The van der Waals surface area contributed by atoms with E-state index < -0.39 is 0 Å². The highest BCUT2D eigenvalue weighted by Gasteiger charge is 2.11. The van der Waals surface area contributed by atoms with Gasteiger partial charge in [-0.1, -0.05) is 36.4 Å². The number of nitrogens with zero attached hydrogens (tertiary/aromatic N) is 2. The lowest BCUT2D eigenvalue weighted by atomic mass is 9.99. The third kappa shape index (κ3) is 3.57. The van der Waals surface area contributed by atoms with E-state index >= 15 is 0 Å². The first-order valence-electron chi connectivity index (χ1n) is 9.46. The SMILES string of the molecule is Cc1ccc(-c2ccc(-c3ccc(-c4ccc(C)c(C)c4O)cn3)nc2)c(O)c1. The summed E-state index contributed by atoms with van der Waals surface area (Å²) in [5, 5.41) is 20.6. The number of benzene rings is 2. The van der Waals surface area contributed by atoms with Crippen LogP contribution in [0.3, 0.4) is 0 Å². The molecule has 4 heteroatoms. The van der Waals surface area contributed by atoms with Gasteiger partial charge in [0.25, 0.3) is 0 Å². The number of aryl methyl sites for hydroxylation is 2. The Morgan fingerprint density at radius 3 is 1.79 bits per heavy atom. The normalized spacial score (nSPS) is 10.9. The molecule has 2 aromatic carbocycles. The summed E-state index contributed by atoms with van der Waals surface area (Å²) >= 11 is 0. The van der Waals surface area contributed by atoms with Crippen molar-refractivity contribution >= 4 is 0 Å². The highest BCUT2D eigenvalue weighted by molar-refractivity contribution is 5.74. The molecule has 2 heterocycles. The van der Waals surface area contributed by atoms with Crippen LogP contribution in [0.5, 0.6) is 11.5 Å². The van der Waals surface area contributed by atoms with Gasteiger partial charge in [-0.25, -0.2) is 0 Å². The van der Waals surface area contributed by atoms with Gasteiger partial charge in [-0.3, -0.25) is 9.97 Å². The van der Waals surface area contributed by atoms with Gasteiger partial charge >= 0.3 is 0 Å². The van der Waals surface area contributed by atoms with Crippen LogP contribution in [-0.4, -0.2) is 20.2 Å². The van der Waals surface area contributed by atoms with Gasteiger partial charge in [0.1, 0.15) is 11.5 Å². The van der Waals surface area contributed by atoms with Crippen LogP contribution < -0.4 is 0 Å². The van der Waals surface area contributed by atoms with Crippen LogP contribution in [0.1, 0.15) is 16.7 Å². The Hall–Kier alpha value is -3.66. The van der Waals surface area contributed by atoms with E-state index in [-0.39, 0.29) is 5.75 Å². The van der Waals surface area contributed by atoms with Crippen LogP contribution in [0.15, 0.2) is 67.0 Å². The molecule has 4 aromatic rings. The molecule has 0 spiro atoms. The molecule has 0 saturated carbocycles. The van der Waals surface area contributed by atoms with Crippen molar-refractivity contribution in [3.8, 4) is 45.1 Å². The van der Waals surface area contributed by atoms with E-state index in [0.717, 1.165) is 50.3 Å². The third-order valence-corrected chi connectivity index (χ3v) is 5.27. The molecular weight excluding hydrogens is 360 g/mol.